The molecular weight excluding hydrogens is 286 g/mol. The summed E-state index contributed by atoms with van der Waals surface area (Å²) < 4.78 is 22.0. The van der Waals surface area contributed by atoms with Crippen LogP contribution in [-0.4, -0.2) is 43.9 Å². The van der Waals surface area contributed by atoms with Crippen LogP contribution in [0.25, 0.3) is 0 Å². The standard InChI is InChI=1S/C11H19N3O3S2/c1-8(11-13-4-5-18-11)7-14-10(15)9(12)3-6-19(2,16)17/h4-5,8-9H,3,6-7,12H2,1-2H3,(H,14,15). The number of nitrogens with two attached hydrogens (primary N) is 1. The van der Waals surface area contributed by atoms with E-state index in [9.17, 15) is 13.2 Å². The van der Waals surface area contributed by atoms with Crippen LogP contribution in [0.15, 0.2) is 11.6 Å². The highest BCUT2D eigenvalue weighted by Crippen LogP contribution is 2.16. The molecule has 1 rings (SSSR count). The molecule has 6 nitrogen and oxygen atoms in total. The quantitative estimate of drug-likeness (QED) is 0.745. The summed E-state index contributed by atoms with van der Waals surface area (Å²) in [6, 6.07) is -0.793. The van der Waals surface area contributed by atoms with Gasteiger partial charge >= 0.3 is 0 Å². The molecule has 0 radical (unpaired) electrons. The van der Waals surface area contributed by atoms with Crippen LogP contribution < -0.4 is 11.1 Å². The van der Waals surface area contributed by atoms with Gasteiger partial charge < -0.3 is 11.1 Å². The minimum Gasteiger partial charge on any atom is -0.354 e. The fourth-order valence-electron chi connectivity index (χ4n) is 1.42. The number of amides is 1. The van der Waals surface area contributed by atoms with E-state index >= 15 is 0 Å². The van der Waals surface area contributed by atoms with Gasteiger partial charge in [0, 0.05) is 30.3 Å². The number of carbonyl (C=O) groups is 1. The molecule has 8 heteroatoms. The lowest BCUT2D eigenvalue weighted by atomic mass is 10.1. The van der Waals surface area contributed by atoms with Gasteiger partial charge in [-0.2, -0.15) is 0 Å². The van der Waals surface area contributed by atoms with E-state index in [1.807, 2.05) is 12.3 Å². The lowest BCUT2D eigenvalue weighted by molar-refractivity contribution is -0.122. The highest BCUT2D eigenvalue weighted by molar-refractivity contribution is 7.90. The molecule has 0 saturated carbocycles. The topological polar surface area (TPSA) is 102 Å². The van der Waals surface area contributed by atoms with E-state index in [0.29, 0.717) is 6.54 Å². The third kappa shape index (κ3) is 6.13. The number of nitrogens with zero attached hydrogens (tertiary/aromatic N) is 1. The molecule has 0 aromatic carbocycles. The third-order valence-corrected chi connectivity index (χ3v) is 4.58. The van der Waals surface area contributed by atoms with Crippen LogP contribution in [-0.2, 0) is 14.6 Å². The first-order chi connectivity index (χ1) is 8.79. The summed E-state index contributed by atoms with van der Waals surface area (Å²) >= 11 is 1.53. The van der Waals surface area contributed by atoms with Crippen molar-refractivity contribution < 1.29 is 13.2 Å². The zero-order chi connectivity index (χ0) is 14.5. The molecule has 0 aliphatic rings. The molecule has 0 saturated heterocycles. The zero-order valence-electron chi connectivity index (χ0n) is 11.0. The van der Waals surface area contributed by atoms with E-state index in [-0.39, 0.29) is 24.0 Å². The minimum absolute atomic E-state index is 0.0797. The van der Waals surface area contributed by atoms with Crippen LogP contribution in [0.2, 0.25) is 0 Å². The van der Waals surface area contributed by atoms with Gasteiger partial charge in [0.1, 0.15) is 9.84 Å². The second-order valence-electron chi connectivity index (χ2n) is 4.54. The van der Waals surface area contributed by atoms with Crippen molar-refractivity contribution in [2.24, 2.45) is 5.73 Å². The van der Waals surface area contributed by atoms with Crippen LogP contribution in [0.3, 0.4) is 0 Å². The summed E-state index contributed by atoms with van der Waals surface area (Å²) in [7, 11) is -3.09. The molecule has 0 fully saturated rings. The minimum atomic E-state index is -3.09. The molecule has 1 amide bonds. The molecule has 2 unspecified atom stereocenters. The number of carbonyl (C=O) groups excluding carboxylic acids is 1. The highest BCUT2D eigenvalue weighted by Gasteiger charge is 2.17. The smallest absolute Gasteiger partial charge is 0.236 e. The summed E-state index contributed by atoms with van der Waals surface area (Å²) in [4.78, 5) is 15.9. The second kappa shape index (κ2) is 6.97. The van der Waals surface area contributed by atoms with Crippen LogP contribution in [0.1, 0.15) is 24.3 Å². The number of hydrogen-bond donors (Lipinski definition) is 2. The number of nitrogens with one attached hydrogen (secondary N) is 1. The van der Waals surface area contributed by atoms with Gasteiger partial charge in [-0.05, 0) is 6.42 Å². The largest absolute Gasteiger partial charge is 0.354 e. The number of thiazole rings is 1. The molecule has 0 bridgehead atoms. The molecule has 0 spiro atoms. The average Bonchev–Trinajstić information content (AvgIpc) is 2.85. The summed E-state index contributed by atoms with van der Waals surface area (Å²) in [5.41, 5.74) is 5.64. The van der Waals surface area contributed by atoms with Crippen LogP contribution in [0.5, 0.6) is 0 Å². The van der Waals surface area contributed by atoms with Crippen molar-refractivity contribution in [2.45, 2.75) is 25.3 Å². The SMILES string of the molecule is CC(CNC(=O)C(N)CCS(C)(=O)=O)c1nccs1. The molecule has 0 aliphatic carbocycles. The summed E-state index contributed by atoms with van der Waals surface area (Å²) in [5.74, 6) is -0.290. The lowest BCUT2D eigenvalue weighted by Gasteiger charge is -2.14. The Hall–Kier alpha value is -0.990. The maximum atomic E-state index is 11.7. The molecule has 0 aliphatic heterocycles. The van der Waals surface area contributed by atoms with Crippen LogP contribution >= 0.6 is 11.3 Å². The van der Waals surface area contributed by atoms with Gasteiger partial charge in [-0.3, -0.25) is 4.79 Å². The van der Waals surface area contributed by atoms with E-state index in [4.69, 9.17) is 5.73 Å². The molecule has 1 aromatic rings. The van der Waals surface area contributed by atoms with E-state index in [1.165, 1.54) is 11.3 Å². The maximum Gasteiger partial charge on any atom is 0.236 e. The zero-order valence-corrected chi connectivity index (χ0v) is 12.6. The molecular formula is C11H19N3O3S2. The van der Waals surface area contributed by atoms with Gasteiger partial charge in [-0.1, -0.05) is 6.92 Å². The Kier molecular flexibility index (Phi) is 5.89. The van der Waals surface area contributed by atoms with Crippen molar-refractivity contribution in [3.63, 3.8) is 0 Å². The van der Waals surface area contributed by atoms with Gasteiger partial charge in [0.2, 0.25) is 5.91 Å². The Labute approximate surface area is 117 Å². The first kappa shape index (κ1) is 16.1. The molecule has 3 N–H and O–H groups in total. The summed E-state index contributed by atoms with van der Waals surface area (Å²) in [6.45, 7) is 2.40. The number of rotatable bonds is 7. The molecule has 108 valence electrons. The van der Waals surface area contributed by atoms with Gasteiger partial charge in [-0.15, -0.1) is 11.3 Å². The fourth-order valence-corrected chi connectivity index (χ4v) is 2.80. The molecule has 1 aromatic heterocycles. The predicted molar refractivity (Wildman–Crippen MR) is 75.8 cm³/mol. The van der Waals surface area contributed by atoms with Crippen molar-refractivity contribution in [3.8, 4) is 0 Å². The Balaban J connectivity index is 2.34. The highest BCUT2D eigenvalue weighted by atomic mass is 32.2. The molecule has 1 heterocycles. The van der Waals surface area contributed by atoms with Crippen molar-refractivity contribution >= 4 is 27.1 Å². The van der Waals surface area contributed by atoms with Gasteiger partial charge in [0.05, 0.1) is 16.8 Å². The number of hydrogen-bond acceptors (Lipinski definition) is 6. The number of sulfone groups is 1. The Morgan fingerprint density at radius 1 is 1.58 bits per heavy atom. The first-order valence-electron chi connectivity index (χ1n) is 5.90. The van der Waals surface area contributed by atoms with Crippen LogP contribution in [0.4, 0.5) is 0 Å². The van der Waals surface area contributed by atoms with E-state index in [2.05, 4.69) is 10.3 Å². The van der Waals surface area contributed by atoms with Crippen molar-refractivity contribution in [1.29, 1.82) is 0 Å². The summed E-state index contributed by atoms with van der Waals surface area (Å²) in [6.07, 6.45) is 2.98. The van der Waals surface area contributed by atoms with Crippen molar-refractivity contribution in [2.75, 3.05) is 18.6 Å². The first-order valence-corrected chi connectivity index (χ1v) is 8.84. The van der Waals surface area contributed by atoms with Gasteiger partial charge in [0.25, 0.3) is 0 Å². The lowest BCUT2D eigenvalue weighted by Crippen LogP contribution is -2.42. The predicted octanol–water partition coefficient (Wildman–Crippen LogP) is 0.125. The van der Waals surface area contributed by atoms with E-state index < -0.39 is 15.9 Å². The Bertz CT molecular complexity index is 499. The number of aromatic nitrogens is 1. The van der Waals surface area contributed by atoms with Crippen molar-refractivity contribution in [1.82, 2.24) is 10.3 Å². The van der Waals surface area contributed by atoms with Gasteiger partial charge in [0.15, 0.2) is 0 Å². The summed E-state index contributed by atoms with van der Waals surface area (Å²) in [5, 5.41) is 5.54. The molecule has 19 heavy (non-hydrogen) atoms. The Morgan fingerprint density at radius 2 is 2.26 bits per heavy atom. The van der Waals surface area contributed by atoms with E-state index in [1.54, 1.807) is 6.20 Å². The Morgan fingerprint density at radius 3 is 2.79 bits per heavy atom. The maximum absolute atomic E-state index is 11.7. The monoisotopic (exact) mass is 305 g/mol. The average molecular weight is 305 g/mol. The van der Waals surface area contributed by atoms with E-state index in [0.717, 1.165) is 11.3 Å². The van der Waals surface area contributed by atoms with Gasteiger partial charge in [-0.25, -0.2) is 13.4 Å². The van der Waals surface area contributed by atoms with Crippen LogP contribution in [0, 0.1) is 0 Å². The second-order valence-corrected chi connectivity index (χ2v) is 7.73. The fraction of sp³-hybridized carbons (Fsp3) is 0.636. The molecule has 2 atom stereocenters. The third-order valence-electron chi connectivity index (χ3n) is 2.59. The van der Waals surface area contributed by atoms with Crippen molar-refractivity contribution in [3.05, 3.63) is 16.6 Å². The normalized spacial score (nSPS) is 14.9.